The van der Waals surface area contributed by atoms with E-state index >= 15 is 0 Å². The third-order valence-electron chi connectivity index (χ3n) is 4.19. The summed E-state index contributed by atoms with van der Waals surface area (Å²) < 4.78 is 0. The van der Waals surface area contributed by atoms with Gasteiger partial charge in [0.05, 0.1) is 11.0 Å². The molecule has 0 radical (unpaired) electrons. The smallest absolute Gasteiger partial charge is 0.237 e. The Morgan fingerprint density at radius 1 is 0.926 bits per heavy atom. The SMILES string of the molecule is Cc1ccc(NC(=O)CS[C@@H](C)C(=O)Nc2ccc(C(C)(C)C)cc2)cc1. The van der Waals surface area contributed by atoms with Crippen molar-refractivity contribution >= 4 is 35.0 Å². The Balaban J connectivity index is 1.81. The van der Waals surface area contributed by atoms with Gasteiger partial charge in [0.2, 0.25) is 11.8 Å². The van der Waals surface area contributed by atoms with E-state index in [1.165, 1.54) is 17.3 Å². The highest BCUT2D eigenvalue weighted by Crippen LogP contribution is 2.24. The zero-order valence-electron chi connectivity index (χ0n) is 16.6. The van der Waals surface area contributed by atoms with Crippen molar-refractivity contribution in [2.75, 3.05) is 16.4 Å². The van der Waals surface area contributed by atoms with Crippen molar-refractivity contribution in [3.05, 3.63) is 59.7 Å². The fourth-order valence-corrected chi connectivity index (χ4v) is 3.09. The fraction of sp³-hybridized carbons (Fsp3) is 0.364. The fourth-order valence-electron chi connectivity index (χ4n) is 2.41. The summed E-state index contributed by atoms with van der Waals surface area (Å²) in [5, 5.41) is 5.43. The van der Waals surface area contributed by atoms with Crippen LogP contribution in [0.1, 0.15) is 38.8 Å². The molecular formula is C22H28N2O2S. The third-order valence-corrected chi connectivity index (χ3v) is 5.33. The van der Waals surface area contributed by atoms with E-state index in [1.54, 1.807) is 0 Å². The quantitative estimate of drug-likeness (QED) is 0.737. The number of aryl methyl sites for hydroxylation is 1. The Morgan fingerprint density at radius 2 is 1.44 bits per heavy atom. The second-order valence-electron chi connectivity index (χ2n) is 7.68. The van der Waals surface area contributed by atoms with Crippen molar-refractivity contribution in [1.29, 1.82) is 0 Å². The molecule has 0 aliphatic carbocycles. The molecule has 1 atom stereocenters. The molecule has 0 bridgehead atoms. The predicted molar refractivity (Wildman–Crippen MR) is 116 cm³/mol. The number of carbonyl (C=O) groups is 2. The normalized spacial score (nSPS) is 12.3. The lowest BCUT2D eigenvalue weighted by Gasteiger charge is -2.19. The highest BCUT2D eigenvalue weighted by atomic mass is 32.2. The molecule has 5 heteroatoms. The Hall–Kier alpha value is -2.27. The van der Waals surface area contributed by atoms with Crippen molar-refractivity contribution in [2.24, 2.45) is 0 Å². The Bertz CT molecular complexity index is 777. The molecule has 27 heavy (non-hydrogen) atoms. The molecular weight excluding hydrogens is 356 g/mol. The van der Waals surface area contributed by atoms with E-state index in [2.05, 4.69) is 31.4 Å². The van der Waals surface area contributed by atoms with Crippen molar-refractivity contribution in [2.45, 2.75) is 45.3 Å². The van der Waals surface area contributed by atoms with Crippen molar-refractivity contribution < 1.29 is 9.59 Å². The van der Waals surface area contributed by atoms with Gasteiger partial charge in [0.1, 0.15) is 0 Å². The molecule has 0 aliphatic heterocycles. The van der Waals surface area contributed by atoms with Gasteiger partial charge in [0, 0.05) is 11.4 Å². The first kappa shape index (κ1) is 21.0. The maximum Gasteiger partial charge on any atom is 0.237 e. The summed E-state index contributed by atoms with van der Waals surface area (Å²) in [5.74, 6) is 0.00971. The number of hydrogen-bond acceptors (Lipinski definition) is 3. The average Bonchev–Trinajstić information content (AvgIpc) is 2.61. The molecule has 0 saturated heterocycles. The van der Waals surface area contributed by atoms with Gasteiger partial charge in [-0.25, -0.2) is 0 Å². The van der Waals surface area contributed by atoms with Crippen LogP contribution in [0.3, 0.4) is 0 Å². The van der Waals surface area contributed by atoms with E-state index in [0.29, 0.717) is 0 Å². The second-order valence-corrected chi connectivity index (χ2v) is 9.01. The molecule has 2 aromatic carbocycles. The molecule has 2 amide bonds. The summed E-state index contributed by atoms with van der Waals surface area (Å²) in [6.45, 7) is 10.3. The second kappa shape index (κ2) is 9.09. The van der Waals surface area contributed by atoms with Gasteiger partial charge in [0.15, 0.2) is 0 Å². The van der Waals surface area contributed by atoms with Gasteiger partial charge >= 0.3 is 0 Å². The van der Waals surface area contributed by atoms with Crippen LogP contribution in [-0.2, 0) is 15.0 Å². The molecule has 0 aliphatic rings. The van der Waals surface area contributed by atoms with E-state index < -0.39 is 0 Å². The number of rotatable bonds is 6. The molecule has 0 fully saturated rings. The first-order chi connectivity index (χ1) is 12.6. The van der Waals surface area contributed by atoms with Gasteiger partial charge in [0.25, 0.3) is 0 Å². The molecule has 4 nitrogen and oxygen atoms in total. The molecule has 2 N–H and O–H groups in total. The minimum atomic E-state index is -0.323. The van der Waals surface area contributed by atoms with E-state index in [-0.39, 0.29) is 28.2 Å². The zero-order chi connectivity index (χ0) is 20.0. The first-order valence-electron chi connectivity index (χ1n) is 9.04. The highest BCUT2D eigenvalue weighted by molar-refractivity contribution is 8.01. The van der Waals surface area contributed by atoms with E-state index in [1.807, 2.05) is 62.4 Å². The lowest BCUT2D eigenvalue weighted by molar-refractivity contribution is -0.115. The van der Waals surface area contributed by atoms with Crippen LogP contribution in [-0.4, -0.2) is 22.8 Å². The van der Waals surface area contributed by atoms with Gasteiger partial charge in [-0.1, -0.05) is 50.6 Å². The molecule has 144 valence electrons. The standard InChI is InChI=1S/C22H28N2O2S/c1-15-6-10-18(11-7-15)23-20(25)14-27-16(2)21(26)24-19-12-8-17(9-13-19)22(3,4)5/h6-13,16H,14H2,1-5H3,(H,23,25)(H,24,26)/t16-/m0/s1. The van der Waals surface area contributed by atoms with E-state index in [9.17, 15) is 9.59 Å². The summed E-state index contributed by atoms with van der Waals surface area (Å²) >= 11 is 1.32. The summed E-state index contributed by atoms with van der Waals surface area (Å²) in [7, 11) is 0. The molecule has 0 heterocycles. The van der Waals surface area contributed by atoms with Crippen molar-refractivity contribution in [3.8, 4) is 0 Å². The van der Waals surface area contributed by atoms with Crippen LogP contribution in [0.25, 0.3) is 0 Å². The van der Waals surface area contributed by atoms with Crippen LogP contribution in [0.4, 0.5) is 11.4 Å². The van der Waals surface area contributed by atoms with Crippen molar-refractivity contribution in [1.82, 2.24) is 0 Å². The topological polar surface area (TPSA) is 58.2 Å². The summed E-state index contributed by atoms with van der Waals surface area (Å²) in [4.78, 5) is 24.4. The highest BCUT2D eigenvalue weighted by Gasteiger charge is 2.17. The average molecular weight is 385 g/mol. The van der Waals surface area contributed by atoms with Gasteiger partial charge < -0.3 is 10.6 Å². The minimum absolute atomic E-state index is 0.0799. The van der Waals surface area contributed by atoms with Crippen LogP contribution in [0, 0.1) is 6.92 Å². The zero-order valence-corrected chi connectivity index (χ0v) is 17.4. The Morgan fingerprint density at radius 3 is 2.00 bits per heavy atom. The van der Waals surface area contributed by atoms with Crippen LogP contribution in [0.5, 0.6) is 0 Å². The predicted octanol–water partition coefficient (Wildman–Crippen LogP) is 4.99. The lowest BCUT2D eigenvalue weighted by Crippen LogP contribution is -2.25. The van der Waals surface area contributed by atoms with Gasteiger partial charge in [-0.05, 0) is 49.1 Å². The third kappa shape index (κ3) is 6.75. The molecule has 2 rings (SSSR count). The summed E-state index contributed by atoms with van der Waals surface area (Å²) in [6.07, 6.45) is 0. The van der Waals surface area contributed by atoms with Crippen molar-refractivity contribution in [3.63, 3.8) is 0 Å². The number of nitrogens with one attached hydrogen (secondary N) is 2. The number of hydrogen-bond donors (Lipinski definition) is 2. The van der Waals surface area contributed by atoms with Gasteiger partial charge in [-0.2, -0.15) is 0 Å². The van der Waals surface area contributed by atoms with Crippen LogP contribution in [0.15, 0.2) is 48.5 Å². The number of amides is 2. The molecule has 0 saturated carbocycles. The number of thioether (sulfide) groups is 1. The number of anilines is 2. The maximum absolute atomic E-state index is 12.3. The molecule has 0 aromatic heterocycles. The minimum Gasteiger partial charge on any atom is -0.325 e. The Labute approximate surface area is 166 Å². The number of carbonyl (C=O) groups excluding carboxylic acids is 2. The largest absolute Gasteiger partial charge is 0.325 e. The van der Waals surface area contributed by atoms with Gasteiger partial charge in [-0.15, -0.1) is 11.8 Å². The molecule has 2 aromatic rings. The molecule has 0 unspecified atom stereocenters. The van der Waals surface area contributed by atoms with Crippen LogP contribution < -0.4 is 10.6 Å². The maximum atomic E-state index is 12.3. The monoisotopic (exact) mass is 384 g/mol. The Kier molecular flexibility index (Phi) is 7.08. The van der Waals surface area contributed by atoms with E-state index in [4.69, 9.17) is 0 Å². The van der Waals surface area contributed by atoms with Crippen LogP contribution >= 0.6 is 11.8 Å². The van der Waals surface area contributed by atoms with Crippen LogP contribution in [0.2, 0.25) is 0 Å². The summed E-state index contributed by atoms with van der Waals surface area (Å²) in [5.41, 5.74) is 3.97. The lowest BCUT2D eigenvalue weighted by atomic mass is 9.87. The number of benzene rings is 2. The summed E-state index contributed by atoms with van der Waals surface area (Å²) in [6, 6.07) is 15.5. The van der Waals surface area contributed by atoms with E-state index in [0.717, 1.165) is 16.9 Å². The first-order valence-corrected chi connectivity index (χ1v) is 10.1. The molecule has 0 spiro atoms. The van der Waals surface area contributed by atoms with Gasteiger partial charge in [-0.3, -0.25) is 9.59 Å².